The second-order valence-corrected chi connectivity index (χ2v) is 25.0. The third kappa shape index (κ3) is 6.55. The molecule has 0 saturated heterocycles. The van der Waals surface area contributed by atoms with E-state index in [-0.39, 0.29) is 33.4 Å². The number of aliphatic carboxylic acids is 6. The molecule has 18 heteroatoms. The third-order valence-electron chi connectivity index (χ3n) is 14.8. The van der Waals surface area contributed by atoms with Gasteiger partial charge in [-0.15, -0.1) is 0 Å². The van der Waals surface area contributed by atoms with Gasteiger partial charge in [-0.25, -0.2) is 28.8 Å². The van der Waals surface area contributed by atoms with E-state index in [0.717, 1.165) is 29.4 Å². The van der Waals surface area contributed by atoms with Crippen molar-refractivity contribution >= 4 is 101 Å². The van der Waals surface area contributed by atoms with Gasteiger partial charge in [-0.1, -0.05) is 101 Å². The molecule has 0 saturated carbocycles. The first-order valence-corrected chi connectivity index (χ1v) is 28.6. The van der Waals surface area contributed by atoms with Gasteiger partial charge in [0.25, 0.3) is 0 Å². The van der Waals surface area contributed by atoms with Gasteiger partial charge < -0.3 is 30.6 Å². The number of benzene rings is 6. The highest BCUT2D eigenvalue weighted by molar-refractivity contribution is 8.77. The molecule has 32 rings (SSSR count). The van der Waals surface area contributed by atoms with Crippen molar-refractivity contribution in [1.29, 1.82) is 0 Å². The van der Waals surface area contributed by atoms with Crippen LogP contribution in [0.15, 0.2) is 172 Å². The summed E-state index contributed by atoms with van der Waals surface area (Å²) in [5, 5.41) is 63.8. The van der Waals surface area contributed by atoms with Gasteiger partial charge in [0.1, 0.15) is 0 Å². The van der Waals surface area contributed by atoms with E-state index in [1.807, 2.05) is 109 Å². The van der Waals surface area contributed by atoms with Crippen molar-refractivity contribution in [3.05, 3.63) is 209 Å². The second-order valence-electron chi connectivity index (χ2n) is 18.2. The molecule has 17 heterocycles. The molecule has 0 radical (unpaired) electrons. The molecule has 6 N–H and O–H groups in total. The molecule has 12 nitrogen and oxygen atoms in total. The number of hydrogen-bond donors (Lipinski definition) is 6. The van der Waals surface area contributed by atoms with Gasteiger partial charge in [0.2, 0.25) is 0 Å². The Morgan fingerprint density at radius 1 is 0.236 bits per heavy atom. The van der Waals surface area contributed by atoms with Crippen LogP contribution in [0.5, 0.6) is 0 Å². The number of carboxylic acid groups (broad SMARTS) is 6. The molecular weight excluding hydrogens is 1030 g/mol. The molecule has 354 valence electrons. The number of hydrogen-bond acceptors (Lipinski definition) is 12. The van der Waals surface area contributed by atoms with Gasteiger partial charge in [-0.2, -0.15) is 0 Å². The van der Waals surface area contributed by atoms with Crippen LogP contribution < -0.4 is 0 Å². The molecule has 6 atom stereocenters. The van der Waals surface area contributed by atoms with E-state index in [1.165, 1.54) is 64.8 Å². The minimum atomic E-state index is -1.32. The summed E-state index contributed by atoms with van der Waals surface area (Å²) in [6.45, 7) is 0. The molecule has 6 aromatic carbocycles. The van der Waals surface area contributed by atoms with Crippen LogP contribution in [0.1, 0.15) is 102 Å². The summed E-state index contributed by atoms with van der Waals surface area (Å²) in [6.07, 6.45) is 0. The number of carboxylic acids is 6. The average Bonchev–Trinajstić information content (AvgIpc) is 3.37. The molecule has 26 aliphatic rings. The Morgan fingerprint density at radius 3 is 0.500 bits per heavy atom. The minimum Gasteiger partial charge on any atom is -0.478 e. The Morgan fingerprint density at radius 2 is 0.375 bits per heavy atom. The summed E-state index contributed by atoms with van der Waals surface area (Å²) in [6, 6.07) is 33.9. The highest BCUT2D eigenvalue weighted by Crippen LogP contribution is 2.62. The fourth-order valence-electron chi connectivity index (χ4n) is 12.2. The predicted molar refractivity (Wildman–Crippen MR) is 272 cm³/mol. The first-order valence-electron chi connectivity index (χ1n) is 22.2. The first kappa shape index (κ1) is 45.3. The fourth-order valence-corrected chi connectivity index (χ4v) is 18.2. The lowest BCUT2D eigenvalue weighted by Gasteiger charge is -2.41. The number of rotatable bonds is 6. The van der Waals surface area contributed by atoms with E-state index in [4.69, 9.17) is 0 Å². The molecule has 6 aromatic rings. The molecule has 72 heavy (non-hydrogen) atoms. The molecule has 0 fully saturated rings. The normalized spacial score (nSPS) is 22.3. The maximum absolute atomic E-state index is 13.1. The van der Waals surface area contributed by atoms with Gasteiger partial charge in [0.15, 0.2) is 0 Å². The van der Waals surface area contributed by atoms with Crippen LogP contribution >= 0.6 is 64.8 Å². The van der Waals surface area contributed by atoms with E-state index >= 15 is 0 Å². The highest BCUT2D eigenvalue weighted by atomic mass is 33.1. The van der Waals surface area contributed by atoms with Crippen molar-refractivity contribution in [2.24, 2.45) is 0 Å². The summed E-state index contributed by atoms with van der Waals surface area (Å²) in [5.74, 6) is -13.2. The van der Waals surface area contributed by atoms with Gasteiger partial charge in [-0.3, -0.25) is 0 Å². The van der Waals surface area contributed by atoms with Crippen LogP contribution in [0, 0.1) is 0 Å². The molecule has 0 spiro atoms. The van der Waals surface area contributed by atoms with Crippen LogP contribution in [0.4, 0.5) is 0 Å². The van der Waals surface area contributed by atoms with Gasteiger partial charge in [-0.05, 0) is 140 Å². The minimum absolute atomic E-state index is 0.192. The zero-order valence-electron chi connectivity index (χ0n) is 36.4. The first-order chi connectivity index (χ1) is 34.7. The molecule has 24 bridgehead atoms. The summed E-state index contributed by atoms with van der Waals surface area (Å²) < 4.78 is 0. The Kier molecular flexibility index (Phi) is 10.4. The standard InChI is InChI=1S/C54H30O12S6/c55-49(56)43-37-25-7-1-19-13-31(25)38(44(43)50(57)58)26-9-3-21(15-32(26)37)69-70-22-5-11-29-35(16-22)41-30-12-6-24(18-36(30)42(29)48(54(65)66)47(41)53(63)64)72-71-23-4-10-28-34(17-23)40-27-8-2-20(68-67-19)14-33(27)39(28)45(51(59)60)46(40)52(61)62/h1-18,37-42H,(H,55,56)(H,57,58)(H,59,60)(H,61,62)(H,63,64)(H,65,66). The predicted octanol–water partition coefficient (Wildman–Crippen LogP) is 11.6. The van der Waals surface area contributed by atoms with Crippen molar-refractivity contribution in [3.63, 3.8) is 0 Å². The quantitative estimate of drug-likeness (QED) is 0.0853. The van der Waals surface area contributed by atoms with Crippen LogP contribution in [0.25, 0.3) is 0 Å². The summed E-state index contributed by atoms with van der Waals surface area (Å²) in [5.41, 5.74) is 7.07. The SMILES string of the molecule is O=C(O)C1=C(C(=O)O)C2c3ccc4cc3C1c1ccc(cc12)SSc1ccc2c(c1)C1C(C(=O)O)=C(C(=O)O)C2c2cc(ccc21)SSc1ccc2c(c1)C1C(C(=O)O)=C(C(=O)O)C2c2cc(ccc21)SS4. The molecule has 0 aromatic heterocycles. The maximum Gasteiger partial charge on any atom is 0.333 e. The lowest BCUT2D eigenvalue weighted by Crippen LogP contribution is -2.34. The Bertz CT molecular complexity index is 3120. The molecule has 0 amide bonds. The van der Waals surface area contributed by atoms with Crippen LogP contribution in [0.3, 0.4) is 0 Å². The lowest BCUT2D eigenvalue weighted by molar-refractivity contribution is -0.136. The van der Waals surface area contributed by atoms with E-state index in [0.29, 0.717) is 66.8 Å². The van der Waals surface area contributed by atoms with Crippen molar-refractivity contribution < 1.29 is 59.4 Å². The highest BCUT2D eigenvalue weighted by Gasteiger charge is 2.51. The van der Waals surface area contributed by atoms with Crippen LogP contribution in [0.2, 0.25) is 0 Å². The molecule has 9 aliphatic carbocycles. The fraction of sp³-hybridized carbons (Fsp3) is 0.111. The van der Waals surface area contributed by atoms with Crippen LogP contribution in [-0.2, 0) is 28.8 Å². The van der Waals surface area contributed by atoms with E-state index in [9.17, 15) is 59.4 Å². The monoisotopic (exact) mass is 1060 g/mol. The van der Waals surface area contributed by atoms with Gasteiger partial charge in [0.05, 0.1) is 33.4 Å². The van der Waals surface area contributed by atoms with Crippen molar-refractivity contribution in [3.8, 4) is 0 Å². The zero-order valence-corrected chi connectivity index (χ0v) is 41.3. The van der Waals surface area contributed by atoms with Gasteiger partial charge >= 0.3 is 35.8 Å². The average molecular weight is 1060 g/mol. The van der Waals surface area contributed by atoms with E-state index in [1.54, 1.807) is 0 Å². The maximum atomic E-state index is 13.1. The van der Waals surface area contributed by atoms with Crippen molar-refractivity contribution in [2.75, 3.05) is 0 Å². The third-order valence-corrected chi connectivity index (χ3v) is 21.9. The van der Waals surface area contributed by atoms with E-state index < -0.39 is 71.3 Å². The smallest absolute Gasteiger partial charge is 0.333 e. The molecule has 17 aliphatic heterocycles. The Balaban J connectivity index is 0.967. The molecular formula is C54H30O12S6. The lowest BCUT2D eigenvalue weighted by atomic mass is 9.61. The van der Waals surface area contributed by atoms with Crippen molar-refractivity contribution in [1.82, 2.24) is 0 Å². The van der Waals surface area contributed by atoms with E-state index in [2.05, 4.69) is 0 Å². The summed E-state index contributed by atoms with van der Waals surface area (Å²) >= 11 is 0. The topological polar surface area (TPSA) is 224 Å². The Labute approximate surface area is 431 Å². The van der Waals surface area contributed by atoms with Crippen molar-refractivity contribution in [2.45, 2.75) is 64.9 Å². The largest absolute Gasteiger partial charge is 0.478 e. The summed E-state index contributed by atoms with van der Waals surface area (Å²) in [4.78, 5) is 83.0. The zero-order chi connectivity index (χ0) is 49.8. The molecule has 6 unspecified atom stereocenters. The van der Waals surface area contributed by atoms with Gasteiger partial charge in [0, 0.05) is 64.9 Å². The summed E-state index contributed by atoms with van der Waals surface area (Å²) in [7, 11) is 8.48. The Hall–Kier alpha value is -6.54. The van der Waals surface area contributed by atoms with Crippen LogP contribution in [-0.4, -0.2) is 66.5 Å². The second kappa shape index (κ2) is 16.5. The number of carbonyl (C=O) groups is 6.